The third-order valence-corrected chi connectivity index (χ3v) is 5.28. The third-order valence-electron chi connectivity index (χ3n) is 4.46. The standard InChI is InChI=1S/C20H35N5O2S/c1-6-21-18(22-10-7-17-14-28-15(2)24-17)23-13-16-8-11-25(12-9-16)19(26)27-20(3,4)5/h14,16H,6-13H2,1-5H3,(H2,21,22,23). The highest BCUT2D eigenvalue weighted by Gasteiger charge is 2.26. The normalized spacial score (nSPS) is 16.2. The maximum absolute atomic E-state index is 12.2. The maximum atomic E-state index is 12.2. The zero-order valence-electron chi connectivity index (χ0n) is 17.9. The van der Waals surface area contributed by atoms with Gasteiger partial charge in [0.1, 0.15) is 5.60 Å². The van der Waals surface area contributed by atoms with Crippen LogP contribution in [-0.2, 0) is 11.2 Å². The largest absolute Gasteiger partial charge is 0.444 e. The first-order valence-electron chi connectivity index (χ1n) is 10.2. The van der Waals surface area contributed by atoms with E-state index in [1.165, 1.54) is 0 Å². The summed E-state index contributed by atoms with van der Waals surface area (Å²) in [5, 5.41) is 9.91. The molecule has 1 aliphatic rings. The summed E-state index contributed by atoms with van der Waals surface area (Å²) in [7, 11) is 0. The van der Waals surface area contributed by atoms with Crippen LogP contribution in [0.15, 0.2) is 10.4 Å². The molecule has 0 aliphatic carbocycles. The summed E-state index contributed by atoms with van der Waals surface area (Å²) in [5.74, 6) is 1.35. The number of nitrogens with zero attached hydrogens (tertiary/aromatic N) is 3. The Morgan fingerprint density at radius 2 is 2.07 bits per heavy atom. The Morgan fingerprint density at radius 3 is 2.64 bits per heavy atom. The van der Waals surface area contributed by atoms with E-state index >= 15 is 0 Å². The number of nitrogens with one attached hydrogen (secondary N) is 2. The van der Waals surface area contributed by atoms with Gasteiger partial charge in [-0.05, 0) is 53.4 Å². The van der Waals surface area contributed by atoms with E-state index in [-0.39, 0.29) is 6.09 Å². The zero-order chi connectivity index (χ0) is 20.6. The van der Waals surface area contributed by atoms with Crippen LogP contribution in [0, 0.1) is 12.8 Å². The zero-order valence-corrected chi connectivity index (χ0v) is 18.7. The molecule has 158 valence electrons. The number of amides is 1. The van der Waals surface area contributed by atoms with Crippen LogP contribution >= 0.6 is 11.3 Å². The SMILES string of the molecule is CCNC(=NCC1CCN(C(=O)OC(C)(C)C)CC1)NCCc1csc(C)n1. The molecule has 0 spiro atoms. The number of aromatic nitrogens is 1. The van der Waals surface area contributed by atoms with Gasteiger partial charge in [-0.2, -0.15) is 0 Å². The predicted molar refractivity (Wildman–Crippen MR) is 115 cm³/mol. The van der Waals surface area contributed by atoms with Crippen molar-refractivity contribution in [2.75, 3.05) is 32.7 Å². The van der Waals surface area contributed by atoms with Crippen molar-refractivity contribution in [3.63, 3.8) is 0 Å². The minimum Gasteiger partial charge on any atom is -0.444 e. The second-order valence-electron chi connectivity index (χ2n) is 8.17. The monoisotopic (exact) mass is 409 g/mol. The molecule has 2 N–H and O–H groups in total. The summed E-state index contributed by atoms with van der Waals surface area (Å²) >= 11 is 1.69. The summed E-state index contributed by atoms with van der Waals surface area (Å²) in [5.41, 5.74) is 0.683. The lowest BCUT2D eigenvalue weighted by atomic mass is 9.97. The third kappa shape index (κ3) is 8.04. The Morgan fingerprint density at radius 1 is 1.36 bits per heavy atom. The van der Waals surface area contributed by atoms with Gasteiger partial charge in [0.2, 0.25) is 0 Å². The molecule has 0 saturated carbocycles. The van der Waals surface area contributed by atoms with Crippen molar-refractivity contribution in [2.24, 2.45) is 10.9 Å². The van der Waals surface area contributed by atoms with Crippen LogP contribution in [0.25, 0.3) is 0 Å². The lowest BCUT2D eigenvalue weighted by Gasteiger charge is -2.33. The number of guanidine groups is 1. The number of carbonyl (C=O) groups excluding carboxylic acids is 1. The van der Waals surface area contributed by atoms with Gasteiger partial charge < -0.3 is 20.3 Å². The van der Waals surface area contributed by atoms with Crippen molar-refractivity contribution < 1.29 is 9.53 Å². The molecule has 7 nitrogen and oxygen atoms in total. The van der Waals surface area contributed by atoms with Gasteiger partial charge in [-0.1, -0.05) is 0 Å². The average Bonchev–Trinajstić information content (AvgIpc) is 3.04. The number of hydrogen-bond donors (Lipinski definition) is 2. The second kappa shape index (κ2) is 10.6. The van der Waals surface area contributed by atoms with Gasteiger partial charge in [0.15, 0.2) is 5.96 Å². The van der Waals surface area contributed by atoms with Crippen LogP contribution in [0.3, 0.4) is 0 Å². The fourth-order valence-electron chi connectivity index (χ4n) is 3.02. The number of thiazole rings is 1. The number of rotatable bonds is 6. The van der Waals surface area contributed by atoms with Gasteiger partial charge in [-0.3, -0.25) is 4.99 Å². The van der Waals surface area contributed by atoms with Crippen molar-refractivity contribution in [3.05, 3.63) is 16.1 Å². The molecule has 0 radical (unpaired) electrons. The molecule has 1 fully saturated rings. The molecule has 0 unspecified atom stereocenters. The van der Waals surface area contributed by atoms with Gasteiger partial charge in [0, 0.05) is 44.5 Å². The summed E-state index contributed by atoms with van der Waals surface area (Å²) in [6, 6.07) is 0. The van der Waals surface area contributed by atoms with Crippen LogP contribution < -0.4 is 10.6 Å². The molecular formula is C20H35N5O2S. The lowest BCUT2D eigenvalue weighted by molar-refractivity contribution is 0.0187. The lowest BCUT2D eigenvalue weighted by Crippen LogP contribution is -2.42. The van der Waals surface area contributed by atoms with Crippen molar-refractivity contribution in [3.8, 4) is 0 Å². The number of aliphatic imine (C=N–C) groups is 1. The Balaban J connectivity index is 1.74. The van der Waals surface area contributed by atoms with Crippen molar-refractivity contribution in [2.45, 2.75) is 59.5 Å². The average molecular weight is 410 g/mol. The number of piperidine rings is 1. The minimum absolute atomic E-state index is 0.207. The van der Waals surface area contributed by atoms with Gasteiger partial charge in [-0.25, -0.2) is 9.78 Å². The number of likely N-dealkylation sites (tertiary alicyclic amines) is 1. The molecule has 8 heteroatoms. The van der Waals surface area contributed by atoms with E-state index in [1.807, 2.05) is 32.6 Å². The van der Waals surface area contributed by atoms with E-state index in [2.05, 4.69) is 27.9 Å². The van der Waals surface area contributed by atoms with Crippen LogP contribution in [-0.4, -0.2) is 60.3 Å². The highest BCUT2D eigenvalue weighted by Crippen LogP contribution is 2.20. The molecule has 1 amide bonds. The Bertz CT molecular complexity index is 645. The van der Waals surface area contributed by atoms with Crippen LogP contribution in [0.5, 0.6) is 0 Å². The summed E-state index contributed by atoms with van der Waals surface area (Å²) in [4.78, 5) is 23.2. The molecule has 2 rings (SSSR count). The van der Waals surface area contributed by atoms with Crippen LogP contribution in [0.1, 0.15) is 51.2 Å². The molecule has 1 aliphatic heterocycles. The van der Waals surface area contributed by atoms with Gasteiger partial charge in [-0.15, -0.1) is 11.3 Å². The number of ether oxygens (including phenoxy) is 1. The highest BCUT2D eigenvalue weighted by molar-refractivity contribution is 7.09. The fourth-order valence-corrected chi connectivity index (χ4v) is 3.67. The van der Waals surface area contributed by atoms with E-state index in [9.17, 15) is 4.79 Å². The van der Waals surface area contributed by atoms with E-state index in [0.29, 0.717) is 5.92 Å². The quantitative estimate of drug-likeness (QED) is 0.557. The molecule has 0 aromatic carbocycles. The smallest absolute Gasteiger partial charge is 0.410 e. The first-order chi connectivity index (χ1) is 13.3. The second-order valence-corrected chi connectivity index (χ2v) is 9.23. The first kappa shape index (κ1) is 22.5. The van der Waals surface area contributed by atoms with Crippen molar-refractivity contribution in [1.29, 1.82) is 0 Å². The van der Waals surface area contributed by atoms with Crippen LogP contribution in [0.4, 0.5) is 4.79 Å². The highest BCUT2D eigenvalue weighted by atomic mass is 32.1. The summed E-state index contributed by atoms with van der Waals surface area (Å²) < 4.78 is 5.46. The Labute approximate surface area is 173 Å². The molecule has 1 aromatic rings. The number of hydrogen-bond acceptors (Lipinski definition) is 5. The molecule has 0 bridgehead atoms. The molecular weight excluding hydrogens is 374 g/mol. The molecule has 2 heterocycles. The fraction of sp³-hybridized carbons (Fsp3) is 0.750. The number of aryl methyl sites for hydroxylation is 1. The molecule has 0 atom stereocenters. The van der Waals surface area contributed by atoms with Gasteiger partial charge in [0.25, 0.3) is 0 Å². The molecule has 1 aromatic heterocycles. The summed E-state index contributed by atoms with van der Waals surface area (Å²) in [6.07, 6.45) is 2.60. The van der Waals surface area contributed by atoms with Crippen molar-refractivity contribution in [1.82, 2.24) is 20.5 Å². The topological polar surface area (TPSA) is 78.9 Å². The molecule has 1 saturated heterocycles. The van der Waals surface area contributed by atoms with Crippen molar-refractivity contribution >= 4 is 23.4 Å². The minimum atomic E-state index is -0.443. The van der Waals surface area contributed by atoms with Gasteiger partial charge >= 0.3 is 6.09 Å². The Hall–Kier alpha value is -1.83. The Kier molecular flexibility index (Phi) is 8.54. The van der Waals surface area contributed by atoms with E-state index in [4.69, 9.17) is 9.73 Å². The van der Waals surface area contributed by atoms with E-state index < -0.39 is 5.60 Å². The first-order valence-corrected chi connectivity index (χ1v) is 11.1. The summed E-state index contributed by atoms with van der Waals surface area (Å²) in [6.45, 7) is 13.7. The van der Waals surface area contributed by atoms with Crippen LogP contribution in [0.2, 0.25) is 0 Å². The predicted octanol–water partition coefficient (Wildman–Crippen LogP) is 3.20. The molecule has 28 heavy (non-hydrogen) atoms. The van der Waals surface area contributed by atoms with E-state index in [0.717, 1.165) is 68.6 Å². The van der Waals surface area contributed by atoms with E-state index in [1.54, 1.807) is 11.3 Å². The maximum Gasteiger partial charge on any atom is 0.410 e. The number of carbonyl (C=O) groups is 1. The van der Waals surface area contributed by atoms with Gasteiger partial charge in [0.05, 0.1) is 10.7 Å².